The van der Waals surface area contributed by atoms with E-state index in [1.54, 1.807) is 36.7 Å². The van der Waals surface area contributed by atoms with E-state index >= 15 is 0 Å². The molecule has 4 nitrogen and oxygen atoms in total. The van der Waals surface area contributed by atoms with E-state index in [1.807, 2.05) is 13.0 Å². The molecule has 0 radical (unpaired) electrons. The fourth-order valence-electron chi connectivity index (χ4n) is 0.995. The van der Waals surface area contributed by atoms with Crippen molar-refractivity contribution in [1.82, 2.24) is 9.97 Å². The summed E-state index contributed by atoms with van der Waals surface area (Å²) in [5, 5.41) is 0. The molecule has 0 aliphatic heterocycles. The molecule has 0 N–H and O–H groups in total. The summed E-state index contributed by atoms with van der Waals surface area (Å²) in [6, 6.07) is 8.76. The highest BCUT2D eigenvalue weighted by Gasteiger charge is 1.86. The molecule has 0 bridgehead atoms. The lowest BCUT2D eigenvalue weighted by molar-refractivity contribution is 0.111. The van der Waals surface area contributed by atoms with Gasteiger partial charge >= 0.3 is 0 Å². The molecule has 2 aromatic rings. The Balaban J connectivity index is 0.000000171. The molecule has 2 heterocycles. The highest BCUT2D eigenvalue weighted by molar-refractivity contribution is 5.71. The smallest absolute Gasteiger partial charge is 0.168 e. The molecule has 0 unspecified atom stereocenters. The second-order valence-electron chi connectivity index (χ2n) is 3.25. The summed E-state index contributed by atoms with van der Waals surface area (Å²) in [5.74, 6) is 0. The second kappa shape index (κ2) is 7.00. The van der Waals surface area contributed by atoms with Gasteiger partial charge in [-0.3, -0.25) is 19.6 Å². The highest BCUT2D eigenvalue weighted by atomic mass is 16.1. The number of hydrogen-bond donors (Lipinski definition) is 0. The maximum absolute atomic E-state index is 10.1. The molecule has 0 amide bonds. The van der Waals surface area contributed by atoms with Gasteiger partial charge in [0.1, 0.15) is 11.4 Å². The third-order valence-electron chi connectivity index (χ3n) is 1.86. The first-order valence-electron chi connectivity index (χ1n) is 5.00. The predicted octanol–water partition coefficient (Wildman–Crippen LogP) is 2.10. The van der Waals surface area contributed by atoms with Crippen LogP contribution in [0.2, 0.25) is 0 Å². The van der Waals surface area contributed by atoms with Gasteiger partial charge in [0.15, 0.2) is 12.6 Å². The van der Waals surface area contributed by atoms with Crippen LogP contribution in [0.1, 0.15) is 26.5 Å². The van der Waals surface area contributed by atoms with Gasteiger partial charge in [0.25, 0.3) is 0 Å². The number of hydrogen-bond acceptors (Lipinski definition) is 4. The van der Waals surface area contributed by atoms with Crippen molar-refractivity contribution in [3.63, 3.8) is 0 Å². The van der Waals surface area contributed by atoms with Gasteiger partial charge in [0.2, 0.25) is 0 Å². The average Bonchev–Trinajstić information content (AvgIpc) is 2.41. The maximum Gasteiger partial charge on any atom is 0.168 e. The lowest BCUT2D eigenvalue weighted by Gasteiger charge is -1.88. The zero-order valence-electron chi connectivity index (χ0n) is 9.41. The van der Waals surface area contributed by atoms with Gasteiger partial charge in [-0.2, -0.15) is 0 Å². The Kier molecular flexibility index (Phi) is 5.24. The summed E-state index contributed by atoms with van der Waals surface area (Å²) in [5.41, 5.74) is 2.04. The van der Waals surface area contributed by atoms with E-state index in [9.17, 15) is 9.59 Å². The van der Waals surface area contributed by atoms with Crippen LogP contribution in [-0.2, 0) is 0 Å². The number of rotatable bonds is 2. The van der Waals surface area contributed by atoms with Crippen LogP contribution in [0.3, 0.4) is 0 Å². The highest BCUT2D eigenvalue weighted by Crippen LogP contribution is 1.94. The number of aldehydes is 2. The SMILES string of the molecule is Cc1ccc(C=O)nc1.O=Cc1ccccn1. The van der Waals surface area contributed by atoms with Crippen molar-refractivity contribution in [2.45, 2.75) is 6.92 Å². The Morgan fingerprint density at radius 2 is 1.65 bits per heavy atom. The molecule has 0 aliphatic rings. The van der Waals surface area contributed by atoms with Gasteiger partial charge < -0.3 is 0 Å². The quantitative estimate of drug-likeness (QED) is 0.738. The van der Waals surface area contributed by atoms with E-state index < -0.39 is 0 Å². The van der Waals surface area contributed by atoms with Gasteiger partial charge in [-0.1, -0.05) is 12.1 Å². The number of carbonyl (C=O) groups is 2. The van der Waals surface area contributed by atoms with Gasteiger partial charge in [-0.25, -0.2) is 0 Å². The van der Waals surface area contributed by atoms with E-state index in [4.69, 9.17) is 0 Å². The molecular formula is C13H12N2O2. The fraction of sp³-hybridized carbons (Fsp3) is 0.0769. The Morgan fingerprint density at radius 3 is 2.06 bits per heavy atom. The molecular weight excluding hydrogens is 216 g/mol. The van der Waals surface area contributed by atoms with Crippen molar-refractivity contribution >= 4 is 12.6 Å². The van der Waals surface area contributed by atoms with Crippen LogP contribution in [0.25, 0.3) is 0 Å². The van der Waals surface area contributed by atoms with E-state index in [-0.39, 0.29) is 0 Å². The molecule has 2 aromatic heterocycles. The molecule has 0 saturated heterocycles. The number of aryl methyl sites for hydroxylation is 1. The second-order valence-corrected chi connectivity index (χ2v) is 3.25. The van der Waals surface area contributed by atoms with Crippen LogP contribution in [-0.4, -0.2) is 22.5 Å². The van der Waals surface area contributed by atoms with E-state index in [1.165, 1.54) is 0 Å². The Hall–Kier alpha value is -2.36. The molecule has 0 aliphatic carbocycles. The van der Waals surface area contributed by atoms with Crippen molar-refractivity contribution < 1.29 is 9.59 Å². The summed E-state index contributed by atoms with van der Waals surface area (Å²) in [6.45, 7) is 1.93. The summed E-state index contributed by atoms with van der Waals surface area (Å²) < 4.78 is 0. The largest absolute Gasteiger partial charge is 0.296 e. The predicted molar refractivity (Wildman–Crippen MR) is 64.0 cm³/mol. The van der Waals surface area contributed by atoms with Crippen molar-refractivity contribution in [1.29, 1.82) is 0 Å². The van der Waals surface area contributed by atoms with Crippen LogP contribution in [0.4, 0.5) is 0 Å². The number of aromatic nitrogens is 2. The number of nitrogens with zero attached hydrogens (tertiary/aromatic N) is 2. The molecule has 2 rings (SSSR count). The summed E-state index contributed by atoms with van der Waals surface area (Å²) in [7, 11) is 0. The van der Waals surface area contributed by atoms with Crippen molar-refractivity contribution in [3.05, 3.63) is 59.7 Å². The molecule has 17 heavy (non-hydrogen) atoms. The molecule has 0 aromatic carbocycles. The number of pyridine rings is 2. The van der Waals surface area contributed by atoms with Crippen molar-refractivity contribution in [3.8, 4) is 0 Å². The Labute approximate surface area is 99.4 Å². The monoisotopic (exact) mass is 228 g/mol. The molecule has 0 atom stereocenters. The summed E-state index contributed by atoms with van der Waals surface area (Å²) in [4.78, 5) is 27.6. The third kappa shape index (κ3) is 4.79. The van der Waals surface area contributed by atoms with Gasteiger partial charge in [0, 0.05) is 12.4 Å². The first kappa shape index (κ1) is 12.7. The lowest BCUT2D eigenvalue weighted by atomic mass is 10.3. The van der Waals surface area contributed by atoms with Crippen LogP contribution in [0, 0.1) is 6.92 Å². The zero-order chi connectivity index (χ0) is 12.5. The molecule has 0 saturated carbocycles. The average molecular weight is 228 g/mol. The van der Waals surface area contributed by atoms with Gasteiger partial charge in [-0.05, 0) is 30.7 Å². The minimum Gasteiger partial charge on any atom is -0.296 e. The number of carbonyl (C=O) groups excluding carboxylic acids is 2. The normalized spacial score (nSPS) is 8.76. The first-order chi connectivity index (χ1) is 8.26. The minimum atomic E-state index is 0.479. The molecule has 0 spiro atoms. The standard InChI is InChI=1S/C7H7NO.C6H5NO/c1-6-2-3-7(5-9)8-4-6;8-5-6-3-1-2-4-7-6/h2-5H,1H3;1-5H. The molecule has 86 valence electrons. The Morgan fingerprint density at radius 1 is 0.941 bits per heavy atom. The first-order valence-corrected chi connectivity index (χ1v) is 5.00. The van der Waals surface area contributed by atoms with Crippen molar-refractivity contribution in [2.75, 3.05) is 0 Å². The van der Waals surface area contributed by atoms with Crippen LogP contribution < -0.4 is 0 Å². The summed E-state index contributed by atoms with van der Waals surface area (Å²) in [6.07, 6.45) is 4.72. The minimum absolute atomic E-state index is 0.479. The Bertz CT molecular complexity index is 467. The van der Waals surface area contributed by atoms with Crippen LogP contribution in [0.5, 0.6) is 0 Å². The zero-order valence-corrected chi connectivity index (χ0v) is 9.41. The van der Waals surface area contributed by atoms with Gasteiger partial charge in [-0.15, -0.1) is 0 Å². The van der Waals surface area contributed by atoms with E-state index in [2.05, 4.69) is 9.97 Å². The summed E-state index contributed by atoms with van der Waals surface area (Å²) >= 11 is 0. The van der Waals surface area contributed by atoms with E-state index in [0.717, 1.165) is 18.1 Å². The topological polar surface area (TPSA) is 59.9 Å². The molecule has 0 fully saturated rings. The molecule has 4 heteroatoms. The van der Waals surface area contributed by atoms with Gasteiger partial charge in [0.05, 0.1) is 0 Å². The maximum atomic E-state index is 10.1. The van der Waals surface area contributed by atoms with Crippen molar-refractivity contribution in [2.24, 2.45) is 0 Å². The lowest BCUT2D eigenvalue weighted by Crippen LogP contribution is -1.84. The third-order valence-corrected chi connectivity index (χ3v) is 1.86. The van der Waals surface area contributed by atoms with Crippen LogP contribution in [0.15, 0.2) is 42.7 Å². The fourth-order valence-corrected chi connectivity index (χ4v) is 0.995. The van der Waals surface area contributed by atoms with E-state index in [0.29, 0.717) is 11.4 Å². The van der Waals surface area contributed by atoms with Crippen LogP contribution >= 0.6 is 0 Å².